The van der Waals surface area contributed by atoms with Crippen molar-refractivity contribution in [2.75, 3.05) is 7.05 Å². The highest BCUT2D eigenvalue weighted by Crippen LogP contribution is 1.90. The molecule has 0 aromatic heterocycles. The van der Waals surface area contributed by atoms with Gasteiger partial charge in [0.15, 0.2) is 0 Å². The molecule has 0 spiro atoms. The molecule has 0 aliphatic heterocycles. The number of rotatable bonds is 3. The van der Waals surface area contributed by atoms with E-state index in [-0.39, 0.29) is 32.2 Å². The minimum atomic E-state index is -0.208. The van der Waals surface area contributed by atoms with Gasteiger partial charge in [0.1, 0.15) is 5.78 Å². The molecule has 16 heavy (non-hydrogen) atoms. The van der Waals surface area contributed by atoms with Crippen LogP contribution in [0.3, 0.4) is 0 Å². The molecular weight excluding hydrogens is 202 g/mol. The summed E-state index contributed by atoms with van der Waals surface area (Å²) in [6, 6.07) is -0.208. The van der Waals surface area contributed by atoms with Crippen molar-refractivity contribution in [2.24, 2.45) is 0 Å². The van der Waals surface area contributed by atoms with Gasteiger partial charge in [-0.25, -0.2) is 0 Å². The quantitative estimate of drug-likeness (QED) is 0.714. The van der Waals surface area contributed by atoms with Crippen LogP contribution < -0.4 is 5.32 Å². The lowest BCUT2D eigenvalue weighted by Crippen LogP contribution is -2.31. The van der Waals surface area contributed by atoms with Crippen LogP contribution in [0, 0.1) is 36.0 Å². The molecule has 90 valence electrons. The Balaban J connectivity index is -0.000000240. The third kappa shape index (κ3) is 12.3. The first kappa shape index (κ1) is 23.8. The van der Waals surface area contributed by atoms with Gasteiger partial charge in [-0.05, 0) is 37.7 Å². The maximum Gasteiger partial charge on any atom is 0.147 e. The lowest BCUT2D eigenvalue weighted by atomic mass is 10.1. The molecule has 1 unspecified atom stereocenters. The van der Waals surface area contributed by atoms with Crippen molar-refractivity contribution >= 4 is 5.78 Å². The van der Waals surface area contributed by atoms with Crippen molar-refractivity contribution in [1.82, 2.24) is 5.32 Å². The largest absolute Gasteiger partial charge is 0.412 e. The Hall–Kier alpha value is -1.73. The van der Waals surface area contributed by atoms with Gasteiger partial charge in [-0.1, -0.05) is 20.8 Å². The van der Waals surface area contributed by atoms with Crippen molar-refractivity contribution in [1.29, 1.82) is 0 Å². The van der Waals surface area contributed by atoms with Gasteiger partial charge in [0.05, 0.1) is 6.04 Å². The third-order valence-electron chi connectivity index (χ3n) is 1.43. The van der Waals surface area contributed by atoms with Gasteiger partial charge < -0.3 is 10.8 Å². The molecule has 3 nitrogen and oxygen atoms in total. The number of nitrogens with one attached hydrogen (secondary N) is 1. The van der Waals surface area contributed by atoms with Gasteiger partial charge in [-0.3, -0.25) is 4.79 Å². The molecule has 0 heterocycles. The Bertz CT molecular complexity index is 331. The molecule has 0 amide bonds. The average molecular weight is 223 g/mol. The van der Waals surface area contributed by atoms with E-state index in [4.69, 9.17) is 6.42 Å². The number of likely N-dealkylation sites (N-methyl/N-ethyl adjacent to an activating group) is 1. The highest BCUT2D eigenvalue weighted by atomic mass is 16.1. The Morgan fingerprint density at radius 3 is 2.25 bits per heavy atom. The summed E-state index contributed by atoms with van der Waals surface area (Å²) in [5.41, 5.74) is 0. The lowest BCUT2D eigenvalue weighted by molar-refractivity contribution is -0.118. The minimum absolute atomic E-state index is 0. The van der Waals surface area contributed by atoms with E-state index in [1.165, 1.54) is 6.92 Å². The first-order valence-electron chi connectivity index (χ1n) is 3.83. The fourth-order valence-corrected chi connectivity index (χ4v) is 0.714. The molecule has 0 rings (SSSR count). The smallest absolute Gasteiger partial charge is 0.147 e. The molecule has 0 radical (unpaired) electrons. The lowest BCUT2D eigenvalue weighted by Gasteiger charge is -2.06. The van der Waals surface area contributed by atoms with Gasteiger partial charge in [-0.15, -0.1) is 6.42 Å². The Kier molecular flexibility index (Phi) is 23.4. The van der Waals surface area contributed by atoms with E-state index < -0.39 is 0 Å². The van der Waals surface area contributed by atoms with E-state index >= 15 is 0 Å². The second kappa shape index (κ2) is 15.7. The maximum atomic E-state index is 10.9. The van der Waals surface area contributed by atoms with E-state index in [1.54, 1.807) is 7.05 Å². The summed E-state index contributed by atoms with van der Waals surface area (Å²) in [6.45, 7) is 1.52. The molecule has 1 atom stereocenters. The van der Waals surface area contributed by atoms with E-state index in [0.29, 0.717) is 6.42 Å². The number of carbonyl (C=O) groups excluding carboxylic acids is 1. The standard InChI is InChI=1S/C11H11NO.2CH4.H2O/c1-4-5-6-7-8-9-11(12-3)10(2)13;;;/h1,11-12H,9H2,2-3H3;2*1H4;1H2. The molecule has 3 N–H and O–H groups in total. The fourth-order valence-electron chi connectivity index (χ4n) is 0.714. The van der Waals surface area contributed by atoms with Crippen molar-refractivity contribution in [3.8, 4) is 36.0 Å². The first-order chi connectivity index (χ1) is 6.22. The Labute approximate surface area is 99.3 Å². The number of hydrogen-bond donors (Lipinski definition) is 1. The van der Waals surface area contributed by atoms with Gasteiger partial charge >= 0.3 is 0 Å². The van der Waals surface area contributed by atoms with Gasteiger partial charge in [-0.2, -0.15) is 0 Å². The summed E-state index contributed by atoms with van der Waals surface area (Å²) in [4.78, 5) is 10.9. The summed E-state index contributed by atoms with van der Waals surface area (Å²) in [7, 11) is 1.72. The fraction of sp³-hybridized carbons (Fsp3) is 0.462. The van der Waals surface area contributed by atoms with Crippen molar-refractivity contribution in [3.05, 3.63) is 0 Å². The topological polar surface area (TPSA) is 60.6 Å². The second-order valence-corrected chi connectivity index (χ2v) is 2.35. The Morgan fingerprint density at radius 2 is 1.88 bits per heavy atom. The highest BCUT2D eigenvalue weighted by Gasteiger charge is 2.08. The zero-order valence-electron chi connectivity index (χ0n) is 8.27. The molecule has 3 heteroatoms. The summed E-state index contributed by atoms with van der Waals surface area (Å²) in [5.74, 6) is 12.4. The van der Waals surface area contributed by atoms with Crippen molar-refractivity contribution in [3.63, 3.8) is 0 Å². The van der Waals surface area contributed by atoms with Crippen LogP contribution in [-0.2, 0) is 4.79 Å². The van der Waals surface area contributed by atoms with Gasteiger partial charge in [0.25, 0.3) is 0 Å². The minimum Gasteiger partial charge on any atom is -0.412 e. The van der Waals surface area contributed by atoms with E-state index in [0.717, 1.165) is 0 Å². The monoisotopic (exact) mass is 223 g/mol. The average Bonchev–Trinajstić information content (AvgIpc) is 2.10. The summed E-state index contributed by atoms with van der Waals surface area (Å²) in [5, 5.41) is 2.85. The molecule has 0 aromatic carbocycles. The van der Waals surface area contributed by atoms with Gasteiger partial charge in [0, 0.05) is 6.42 Å². The molecule has 0 saturated heterocycles. The van der Waals surface area contributed by atoms with Crippen molar-refractivity contribution < 1.29 is 10.3 Å². The number of terminal acetylenes is 1. The Morgan fingerprint density at radius 1 is 1.31 bits per heavy atom. The molecule has 0 bridgehead atoms. The predicted molar refractivity (Wildman–Crippen MR) is 69.6 cm³/mol. The SMILES string of the molecule is C.C.C#CC#CC#CCC(NC)C(C)=O.O. The van der Waals surface area contributed by atoms with Crippen LogP contribution in [0.1, 0.15) is 28.2 Å². The van der Waals surface area contributed by atoms with Crippen LogP contribution >= 0.6 is 0 Å². The number of hydrogen-bond acceptors (Lipinski definition) is 2. The van der Waals surface area contributed by atoms with Crippen molar-refractivity contribution in [2.45, 2.75) is 34.2 Å². The molecule has 0 aliphatic carbocycles. The van der Waals surface area contributed by atoms with Crippen LogP contribution in [-0.4, -0.2) is 24.3 Å². The number of carbonyl (C=O) groups is 1. The second-order valence-electron chi connectivity index (χ2n) is 2.35. The van der Waals surface area contributed by atoms with E-state index in [9.17, 15) is 4.79 Å². The first-order valence-corrected chi connectivity index (χ1v) is 3.83. The third-order valence-corrected chi connectivity index (χ3v) is 1.43. The molecule has 0 aromatic rings. The number of Topliss-reactive ketones (excluding diaryl/α,β-unsaturated/α-hetero) is 1. The summed E-state index contributed by atoms with van der Waals surface area (Å²) < 4.78 is 0. The van der Waals surface area contributed by atoms with Gasteiger partial charge in [0.2, 0.25) is 0 Å². The number of ketones is 1. The maximum absolute atomic E-state index is 10.9. The summed E-state index contributed by atoms with van der Waals surface area (Å²) in [6.07, 6.45) is 5.35. The zero-order chi connectivity index (χ0) is 10.1. The molecule has 0 aliphatic rings. The van der Waals surface area contributed by atoms with Crippen LogP contribution in [0.4, 0.5) is 0 Å². The van der Waals surface area contributed by atoms with E-state index in [1.807, 2.05) is 0 Å². The molecule has 0 saturated carbocycles. The molecule has 0 fully saturated rings. The predicted octanol–water partition coefficient (Wildman–Crippen LogP) is 0.641. The summed E-state index contributed by atoms with van der Waals surface area (Å²) >= 11 is 0. The normalized spacial score (nSPS) is 7.81. The highest BCUT2D eigenvalue weighted by molar-refractivity contribution is 5.81. The van der Waals surface area contributed by atoms with Crippen LogP contribution in [0.25, 0.3) is 0 Å². The van der Waals surface area contributed by atoms with Crippen LogP contribution in [0.5, 0.6) is 0 Å². The van der Waals surface area contributed by atoms with Crippen LogP contribution in [0.2, 0.25) is 0 Å². The molecular formula is C13H21NO2. The van der Waals surface area contributed by atoms with E-state index in [2.05, 4.69) is 34.9 Å². The zero-order valence-corrected chi connectivity index (χ0v) is 8.27. The van der Waals surface area contributed by atoms with Crippen LogP contribution in [0.15, 0.2) is 0 Å².